The highest BCUT2D eigenvalue weighted by Crippen LogP contribution is 2.04. The predicted octanol–water partition coefficient (Wildman–Crippen LogP) is -2.23. The second kappa shape index (κ2) is 12.0. The van der Waals surface area contributed by atoms with Crippen LogP contribution in [0.2, 0.25) is 0 Å². The number of rotatable bonds is 12. The number of aliphatic carboxylic acids is 2. The maximum atomic E-state index is 12.4. The first-order valence-corrected chi connectivity index (χ1v) is 9.07. The Labute approximate surface area is 168 Å². The molecule has 0 aromatic heterocycles. The van der Waals surface area contributed by atoms with Gasteiger partial charge in [0.2, 0.25) is 17.7 Å². The van der Waals surface area contributed by atoms with Crippen LogP contribution in [0.4, 0.5) is 0 Å². The Kier molecular flexibility index (Phi) is 10.8. The van der Waals surface area contributed by atoms with Crippen molar-refractivity contribution in [3.05, 3.63) is 0 Å². The van der Waals surface area contributed by atoms with Crippen LogP contribution in [0.25, 0.3) is 0 Å². The number of hydrogen-bond donors (Lipinski definition) is 7. The molecule has 0 spiro atoms. The average molecular weight is 418 g/mol. The van der Waals surface area contributed by atoms with Gasteiger partial charge in [-0.25, -0.2) is 4.79 Å². The number of carbonyl (C=O) groups excluding carboxylic acids is 3. The van der Waals surface area contributed by atoms with E-state index in [0.717, 1.165) is 0 Å². The largest absolute Gasteiger partial charge is 0.481 e. The Balaban J connectivity index is 5.13. The minimum absolute atomic E-state index is 0.226. The fraction of sp³-hybridized carbons (Fsp3) is 0.706. The molecule has 0 aromatic rings. The van der Waals surface area contributed by atoms with E-state index in [1.165, 1.54) is 13.8 Å². The fourth-order valence-corrected chi connectivity index (χ4v) is 2.15. The minimum Gasteiger partial charge on any atom is -0.481 e. The second-order valence-electron chi connectivity index (χ2n) is 7.06. The molecule has 0 radical (unpaired) electrons. The van der Waals surface area contributed by atoms with Crippen molar-refractivity contribution in [1.82, 2.24) is 16.0 Å². The Morgan fingerprint density at radius 3 is 1.83 bits per heavy atom. The summed E-state index contributed by atoms with van der Waals surface area (Å²) in [5.74, 6) is -5.23. The van der Waals surface area contributed by atoms with Gasteiger partial charge in [0.1, 0.15) is 12.1 Å². The van der Waals surface area contributed by atoms with Gasteiger partial charge in [0, 0.05) is 6.42 Å². The van der Waals surface area contributed by atoms with Crippen molar-refractivity contribution in [2.45, 2.75) is 70.8 Å². The summed E-state index contributed by atoms with van der Waals surface area (Å²) in [6.07, 6.45) is -2.03. The van der Waals surface area contributed by atoms with Gasteiger partial charge in [-0.15, -0.1) is 0 Å². The van der Waals surface area contributed by atoms with Gasteiger partial charge in [-0.05, 0) is 26.2 Å². The van der Waals surface area contributed by atoms with Crippen LogP contribution in [0, 0.1) is 5.92 Å². The standard InChI is InChI=1S/C17H30N4O8/c1-7(2)12(18)16(27)20-10(5-6-11(23)24)15(26)19-8(3)14(25)21-13(9(4)22)17(28)29/h7-10,12-13,22H,5-6,18H2,1-4H3,(H,19,26)(H,20,27)(H,21,25)(H,23,24)(H,28,29). The van der Waals surface area contributed by atoms with Gasteiger partial charge in [-0.1, -0.05) is 13.8 Å². The Hall–Kier alpha value is -2.73. The zero-order valence-corrected chi connectivity index (χ0v) is 16.8. The molecule has 0 aromatic carbocycles. The van der Waals surface area contributed by atoms with E-state index in [2.05, 4.69) is 16.0 Å². The normalized spacial score (nSPS) is 16.1. The van der Waals surface area contributed by atoms with Crippen LogP contribution < -0.4 is 21.7 Å². The minimum atomic E-state index is -1.58. The molecule has 166 valence electrons. The number of hydrogen-bond acceptors (Lipinski definition) is 7. The zero-order chi connectivity index (χ0) is 22.9. The lowest BCUT2D eigenvalue weighted by Crippen LogP contribution is -2.57. The molecule has 0 rings (SSSR count). The summed E-state index contributed by atoms with van der Waals surface area (Å²) in [7, 11) is 0. The maximum absolute atomic E-state index is 12.4. The topological polar surface area (TPSA) is 208 Å². The molecule has 8 N–H and O–H groups in total. The van der Waals surface area contributed by atoms with Crippen LogP contribution in [0.3, 0.4) is 0 Å². The Bertz CT molecular complexity index is 623. The molecule has 5 atom stereocenters. The van der Waals surface area contributed by atoms with E-state index in [-0.39, 0.29) is 12.3 Å². The maximum Gasteiger partial charge on any atom is 0.328 e. The van der Waals surface area contributed by atoms with Crippen molar-refractivity contribution in [3.63, 3.8) is 0 Å². The number of carbonyl (C=O) groups is 5. The Morgan fingerprint density at radius 1 is 0.862 bits per heavy atom. The lowest BCUT2D eigenvalue weighted by atomic mass is 10.0. The van der Waals surface area contributed by atoms with Crippen molar-refractivity contribution in [3.8, 4) is 0 Å². The molecule has 3 amide bonds. The highest BCUT2D eigenvalue weighted by molar-refractivity contribution is 5.94. The third-order valence-electron chi connectivity index (χ3n) is 4.10. The molecular formula is C17H30N4O8. The molecule has 0 saturated carbocycles. The highest BCUT2D eigenvalue weighted by Gasteiger charge is 2.30. The first-order chi connectivity index (χ1) is 13.3. The quantitative estimate of drug-likeness (QED) is 0.183. The summed E-state index contributed by atoms with van der Waals surface area (Å²) < 4.78 is 0. The van der Waals surface area contributed by atoms with Crippen molar-refractivity contribution >= 4 is 29.7 Å². The van der Waals surface area contributed by atoms with Gasteiger partial charge in [-0.2, -0.15) is 0 Å². The highest BCUT2D eigenvalue weighted by atomic mass is 16.4. The first kappa shape index (κ1) is 26.3. The van der Waals surface area contributed by atoms with Gasteiger partial charge < -0.3 is 37.0 Å². The van der Waals surface area contributed by atoms with Gasteiger partial charge in [-0.3, -0.25) is 19.2 Å². The predicted molar refractivity (Wildman–Crippen MR) is 100 cm³/mol. The molecule has 0 fully saturated rings. The monoisotopic (exact) mass is 418 g/mol. The van der Waals surface area contributed by atoms with Crippen LogP contribution in [0.15, 0.2) is 0 Å². The molecule has 5 unspecified atom stereocenters. The molecule has 29 heavy (non-hydrogen) atoms. The summed E-state index contributed by atoms with van der Waals surface area (Å²) in [4.78, 5) is 58.5. The van der Waals surface area contributed by atoms with Crippen molar-refractivity contribution < 1.29 is 39.3 Å². The van der Waals surface area contributed by atoms with Crippen LogP contribution in [-0.4, -0.2) is 75.3 Å². The van der Waals surface area contributed by atoms with Gasteiger partial charge >= 0.3 is 11.9 Å². The van der Waals surface area contributed by atoms with Gasteiger partial charge in [0.15, 0.2) is 6.04 Å². The number of nitrogens with two attached hydrogens (primary N) is 1. The number of aliphatic hydroxyl groups is 1. The molecule has 0 aliphatic heterocycles. The summed E-state index contributed by atoms with van der Waals surface area (Å²) in [5.41, 5.74) is 5.72. The van der Waals surface area contributed by atoms with E-state index >= 15 is 0 Å². The van der Waals surface area contributed by atoms with Gasteiger partial charge in [0.05, 0.1) is 12.1 Å². The average Bonchev–Trinajstić information content (AvgIpc) is 2.60. The lowest BCUT2D eigenvalue weighted by molar-refractivity contribution is -0.145. The smallest absolute Gasteiger partial charge is 0.328 e. The van der Waals surface area contributed by atoms with Crippen LogP contribution in [-0.2, 0) is 24.0 Å². The van der Waals surface area contributed by atoms with E-state index in [1.54, 1.807) is 13.8 Å². The van der Waals surface area contributed by atoms with Gasteiger partial charge in [0.25, 0.3) is 0 Å². The van der Waals surface area contributed by atoms with Crippen molar-refractivity contribution in [2.75, 3.05) is 0 Å². The van der Waals surface area contributed by atoms with Crippen molar-refractivity contribution in [1.29, 1.82) is 0 Å². The van der Waals surface area contributed by atoms with Crippen molar-refractivity contribution in [2.24, 2.45) is 11.7 Å². The lowest BCUT2D eigenvalue weighted by Gasteiger charge is -2.24. The third kappa shape index (κ3) is 9.34. The van der Waals surface area contributed by atoms with E-state index in [1.807, 2.05) is 0 Å². The summed E-state index contributed by atoms with van der Waals surface area (Å²) in [6.45, 7) is 5.84. The van der Waals surface area contributed by atoms with E-state index in [4.69, 9.17) is 15.9 Å². The number of nitrogens with one attached hydrogen (secondary N) is 3. The molecule has 0 aliphatic rings. The van der Waals surface area contributed by atoms with Crippen LogP contribution in [0.5, 0.6) is 0 Å². The number of carboxylic acid groups (broad SMARTS) is 2. The number of amides is 3. The summed E-state index contributed by atoms with van der Waals surface area (Å²) in [6, 6.07) is -4.97. The molecule has 12 nitrogen and oxygen atoms in total. The number of aliphatic hydroxyl groups excluding tert-OH is 1. The molecule has 0 heterocycles. The number of carboxylic acids is 2. The molecule has 0 bridgehead atoms. The summed E-state index contributed by atoms with van der Waals surface area (Å²) >= 11 is 0. The molecule has 0 saturated heterocycles. The summed E-state index contributed by atoms with van der Waals surface area (Å²) in [5, 5.41) is 34.0. The van der Waals surface area contributed by atoms with E-state index < -0.39 is 66.4 Å². The molecule has 0 aliphatic carbocycles. The Morgan fingerprint density at radius 2 is 1.41 bits per heavy atom. The van der Waals surface area contributed by atoms with E-state index in [9.17, 15) is 29.1 Å². The first-order valence-electron chi connectivity index (χ1n) is 9.07. The third-order valence-corrected chi connectivity index (χ3v) is 4.10. The SMILES string of the molecule is CC(NC(=O)C(CCC(=O)O)NC(=O)C(N)C(C)C)C(=O)NC(C(=O)O)C(C)O. The zero-order valence-electron chi connectivity index (χ0n) is 16.8. The fourth-order valence-electron chi connectivity index (χ4n) is 2.15. The molecule has 12 heteroatoms. The molecular weight excluding hydrogens is 388 g/mol. The van der Waals surface area contributed by atoms with Crippen LogP contribution in [0.1, 0.15) is 40.5 Å². The van der Waals surface area contributed by atoms with E-state index in [0.29, 0.717) is 0 Å². The van der Waals surface area contributed by atoms with Crippen LogP contribution >= 0.6 is 0 Å². The second-order valence-corrected chi connectivity index (χ2v) is 7.06.